The second-order valence-corrected chi connectivity index (χ2v) is 4.72. The van der Waals surface area contributed by atoms with Gasteiger partial charge in [0.25, 0.3) is 0 Å². The quantitative estimate of drug-likeness (QED) is 0.798. The summed E-state index contributed by atoms with van der Waals surface area (Å²) in [5.74, 6) is -0.197. The van der Waals surface area contributed by atoms with E-state index in [0.717, 1.165) is 27.1 Å². The van der Waals surface area contributed by atoms with Crippen molar-refractivity contribution >= 4 is 28.5 Å². The molecule has 0 bridgehead atoms. The van der Waals surface area contributed by atoms with Gasteiger partial charge in [-0.15, -0.1) is 0 Å². The molecule has 4 heteroatoms. The molecule has 3 nitrogen and oxygen atoms in total. The Balaban J connectivity index is 2.48. The summed E-state index contributed by atoms with van der Waals surface area (Å²) in [6.07, 6.45) is 2.26. The minimum Gasteiger partial charge on any atom is -0.466 e. The molecular weight excluding hydrogens is 250 g/mol. The lowest BCUT2D eigenvalue weighted by Crippen LogP contribution is -2.07. The van der Waals surface area contributed by atoms with Crippen LogP contribution in [0.3, 0.4) is 0 Å². The number of rotatable bonds is 3. The smallest absolute Gasteiger partial charge is 0.310 e. The zero-order chi connectivity index (χ0) is 13.3. The molecule has 0 aliphatic rings. The van der Waals surface area contributed by atoms with Gasteiger partial charge in [0, 0.05) is 23.7 Å². The zero-order valence-electron chi connectivity index (χ0n) is 10.8. The Morgan fingerprint density at radius 3 is 2.83 bits per heavy atom. The van der Waals surface area contributed by atoms with Crippen molar-refractivity contribution in [3.8, 4) is 0 Å². The molecule has 0 radical (unpaired) electrons. The second-order valence-electron chi connectivity index (χ2n) is 4.32. The normalized spacial score (nSPS) is 10.9. The highest BCUT2D eigenvalue weighted by Crippen LogP contribution is 2.29. The molecule has 0 spiro atoms. The molecule has 1 heterocycles. The Hall–Kier alpha value is -1.48. The van der Waals surface area contributed by atoms with E-state index < -0.39 is 0 Å². The van der Waals surface area contributed by atoms with Crippen molar-refractivity contribution in [3.63, 3.8) is 0 Å². The summed E-state index contributed by atoms with van der Waals surface area (Å²) >= 11 is 6.12. The molecule has 0 saturated carbocycles. The minimum atomic E-state index is -0.197. The molecule has 2 rings (SSSR count). The van der Waals surface area contributed by atoms with Crippen LogP contribution in [0.4, 0.5) is 0 Å². The van der Waals surface area contributed by atoms with Crippen LogP contribution in [0.2, 0.25) is 5.02 Å². The van der Waals surface area contributed by atoms with Crippen LogP contribution >= 0.6 is 11.6 Å². The van der Waals surface area contributed by atoms with Crippen molar-refractivity contribution in [1.82, 2.24) is 4.57 Å². The first-order valence-electron chi connectivity index (χ1n) is 5.93. The van der Waals surface area contributed by atoms with E-state index >= 15 is 0 Å². The summed E-state index contributed by atoms with van der Waals surface area (Å²) in [7, 11) is 1.96. The number of benzene rings is 1. The first kappa shape index (κ1) is 13.0. The van der Waals surface area contributed by atoms with Crippen molar-refractivity contribution in [1.29, 1.82) is 0 Å². The first-order valence-corrected chi connectivity index (χ1v) is 6.31. The number of aromatic nitrogens is 1. The van der Waals surface area contributed by atoms with E-state index in [1.807, 2.05) is 43.8 Å². The van der Waals surface area contributed by atoms with Gasteiger partial charge in [-0.3, -0.25) is 4.79 Å². The molecule has 1 aromatic carbocycles. The fourth-order valence-electron chi connectivity index (χ4n) is 2.27. The summed E-state index contributed by atoms with van der Waals surface area (Å²) in [6.45, 7) is 4.21. The largest absolute Gasteiger partial charge is 0.466 e. The van der Waals surface area contributed by atoms with E-state index in [9.17, 15) is 4.79 Å². The van der Waals surface area contributed by atoms with E-state index in [1.165, 1.54) is 0 Å². The fraction of sp³-hybridized carbons (Fsp3) is 0.357. The molecule has 96 valence electrons. The summed E-state index contributed by atoms with van der Waals surface area (Å²) in [4.78, 5) is 11.6. The van der Waals surface area contributed by atoms with Gasteiger partial charge in [-0.05, 0) is 31.0 Å². The summed E-state index contributed by atoms with van der Waals surface area (Å²) in [5, 5.41) is 1.80. The van der Waals surface area contributed by atoms with Gasteiger partial charge in [0.1, 0.15) is 0 Å². The average molecular weight is 266 g/mol. The second kappa shape index (κ2) is 5.02. The van der Waals surface area contributed by atoms with Crippen molar-refractivity contribution in [2.45, 2.75) is 20.3 Å². The van der Waals surface area contributed by atoms with E-state index in [1.54, 1.807) is 0 Å². The van der Waals surface area contributed by atoms with Crippen LogP contribution < -0.4 is 0 Å². The zero-order valence-corrected chi connectivity index (χ0v) is 11.5. The Morgan fingerprint density at radius 1 is 1.44 bits per heavy atom. The highest BCUT2D eigenvalue weighted by atomic mass is 35.5. The van der Waals surface area contributed by atoms with Crippen molar-refractivity contribution in [2.24, 2.45) is 7.05 Å². The summed E-state index contributed by atoms with van der Waals surface area (Å²) in [5.41, 5.74) is 3.08. The van der Waals surface area contributed by atoms with Crippen LogP contribution in [0.1, 0.15) is 18.1 Å². The summed E-state index contributed by atoms with van der Waals surface area (Å²) in [6, 6.07) is 3.83. The first-order chi connectivity index (χ1) is 8.54. The number of aryl methyl sites for hydroxylation is 2. The standard InChI is InChI=1S/C14H16ClNO2/c1-4-18-13(17)7-10-8-16(3)14-9(2)12(15)6-5-11(10)14/h5-6,8H,4,7H2,1-3H3. The van der Waals surface area contributed by atoms with Gasteiger partial charge in [-0.2, -0.15) is 0 Å². The number of carbonyl (C=O) groups is 1. The molecular formula is C14H16ClNO2. The number of ether oxygens (including phenoxy) is 1. The molecule has 0 aliphatic heterocycles. The lowest BCUT2D eigenvalue weighted by molar-refractivity contribution is -0.142. The Labute approximate surface area is 111 Å². The van der Waals surface area contributed by atoms with Gasteiger partial charge in [0.15, 0.2) is 0 Å². The van der Waals surface area contributed by atoms with Gasteiger partial charge >= 0.3 is 5.97 Å². The minimum absolute atomic E-state index is 0.197. The number of hydrogen-bond acceptors (Lipinski definition) is 2. The van der Waals surface area contributed by atoms with Crippen LogP contribution in [-0.4, -0.2) is 17.1 Å². The van der Waals surface area contributed by atoms with Crippen LogP contribution in [0.5, 0.6) is 0 Å². The number of halogens is 1. The van der Waals surface area contributed by atoms with Crippen molar-refractivity contribution < 1.29 is 9.53 Å². The highest BCUT2D eigenvalue weighted by molar-refractivity contribution is 6.32. The van der Waals surface area contributed by atoms with Gasteiger partial charge in [0.2, 0.25) is 0 Å². The predicted octanol–water partition coefficient (Wildman–Crippen LogP) is 3.25. The van der Waals surface area contributed by atoms with E-state index in [0.29, 0.717) is 13.0 Å². The third-order valence-corrected chi connectivity index (χ3v) is 3.46. The Kier molecular flexibility index (Phi) is 3.62. The van der Waals surface area contributed by atoms with E-state index in [4.69, 9.17) is 16.3 Å². The van der Waals surface area contributed by atoms with Gasteiger partial charge in [-0.1, -0.05) is 17.7 Å². The molecule has 0 atom stereocenters. The third-order valence-electron chi connectivity index (χ3n) is 3.05. The van der Waals surface area contributed by atoms with Crippen molar-refractivity contribution in [3.05, 3.63) is 34.5 Å². The third kappa shape index (κ3) is 2.23. The number of esters is 1. The molecule has 0 unspecified atom stereocenters. The Morgan fingerprint density at radius 2 is 2.17 bits per heavy atom. The molecule has 0 N–H and O–H groups in total. The number of nitrogens with zero attached hydrogens (tertiary/aromatic N) is 1. The van der Waals surface area contributed by atoms with Crippen LogP contribution in [0.25, 0.3) is 10.9 Å². The topological polar surface area (TPSA) is 31.2 Å². The molecule has 1 aromatic heterocycles. The Bertz CT molecular complexity index is 601. The molecule has 18 heavy (non-hydrogen) atoms. The lowest BCUT2D eigenvalue weighted by atomic mass is 10.1. The highest BCUT2D eigenvalue weighted by Gasteiger charge is 2.13. The number of hydrogen-bond donors (Lipinski definition) is 0. The SMILES string of the molecule is CCOC(=O)Cc1cn(C)c2c(C)c(Cl)ccc12. The summed E-state index contributed by atoms with van der Waals surface area (Å²) < 4.78 is 6.99. The van der Waals surface area contributed by atoms with Gasteiger partial charge < -0.3 is 9.30 Å². The molecule has 0 fully saturated rings. The maximum atomic E-state index is 11.6. The predicted molar refractivity (Wildman–Crippen MR) is 73.0 cm³/mol. The number of fused-ring (bicyclic) bond motifs is 1. The van der Waals surface area contributed by atoms with Crippen LogP contribution in [0, 0.1) is 6.92 Å². The lowest BCUT2D eigenvalue weighted by Gasteiger charge is -2.03. The average Bonchev–Trinajstić information content (AvgIpc) is 2.61. The fourth-order valence-corrected chi connectivity index (χ4v) is 2.42. The molecule has 0 saturated heterocycles. The molecule has 0 amide bonds. The van der Waals surface area contributed by atoms with E-state index in [-0.39, 0.29) is 5.97 Å². The monoisotopic (exact) mass is 265 g/mol. The molecule has 2 aromatic rings. The molecule has 0 aliphatic carbocycles. The van der Waals surface area contributed by atoms with Gasteiger partial charge in [0.05, 0.1) is 18.5 Å². The van der Waals surface area contributed by atoms with Crippen molar-refractivity contribution in [2.75, 3.05) is 6.61 Å². The van der Waals surface area contributed by atoms with Crippen LogP contribution in [-0.2, 0) is 23.0 Å². The maximum absolute atomic E-state index is 11.6. The number of carbonyl (C=O) groups excluding carboxylic acids is 1. The van der Waals surface area contributed by atoms with E-state index in [2.05, 4.69) is 0 Å². The maximum Gasteiger partial charge on any atom is 0.310 e. The van der Waals surface area contributed by atoms with Gasteiger partial charge in [-0.25, -0.2) is 0 Å². The van der Waals surface area contributed by atoms with Crippen LogP contribution in [0.15, 0.2) is 18.3 Å².